The fraction of sp³-hybridized carbons (Fsp3) is 0. The van der Waals surface area contributed by atoms with Gasteiger partial charge >= 0.3 is 0 Å². The Bertz CT molecular complexity index is 593. The van der Waals surface area contributed by atoms with Gasteiger partial charge < -0.3 is 5.73 Å². The third kappa shape index (κ3) is 4.22. The summed E-state index contributed by atoms with van der Waals surface area (Å²) in [6, 6.07) is 17.2. The van der Waals surface area contributed by atoms with E-state index in [9.17, 15) is 0 Å². The lowest BCUT2D eigenvalue weighted by molar-refractivity contribution is 1.01. The predicted octanol–water partition coefficient (Wildman–Crippen LogP) is 3.02. The summed E-state index contributed by atoms with van der Waals surface area (Å²) in [6.07, 6.45) is 1.68. The fourth-order valence-electron chi connectivity index (χ4n) is 1.41. The molecular formula is C14H13BrN4. The number of aliphatic imine (C=N–C) groups is 1. The lowest BCUT2D eigenvalue weighted by atomic mass is 10.2. The molecule has 0 radical (unpaired) electrons. The summed E-state index contributed by atoms with van der Waals surface area (Å²) in [5.74, 6) is 0.245. The first kappa shape index (κ1) is 13.3. The van der Waals surface area contributed by atoms with Gasteiger partial charge in [-0.2, -0.15) is 5.10 Å². The Morgan fingerprint density at radius 2 is 1.74 bits per heavy atom. The van der Waals surface area contributed by atoms with Crippen LogP contribution in [0.3, 0.4) is 0 Å². The highest BCUT2D eigenvalue weighted by molar-refractivity contribution is 9.10. The van der Waals surface area contributed by atoms with Gasteiger partial charge in [0.05, 0.1) is 11.9 Å². The van der Waals surface area contributed by atoms with Crippen LogP contribution in [0.5, 0.6) is 0 Å². The second-order valence-corrected chi connectivity index (χ2v) is 4.58. The predicted molar refractivity (Wildman–Crippen MR) is 82.6 cm³/mol. The molecule has 0 saturated carbocycles. The molecule has 2 rings (SSSR count). The van der Waals surface area contributed by atoms with E-state index in [1.165, 1.54) is 0 Å². The largest absolute Gasteiger partial charge is 0.368 e. The Morgan fingerprint density at radius 1 is 1.05 bits per heavy atom. The van der Waals surface area contributed by atoms with E-state index >= 15 is 0 Å². The third-order valence-corrected chi connectivity index (χ3v) is 3.02. The van der Waals surface area contributed by atoms with Crippen LogP contribution in [0.2, 0.25) is 0 Å². The molecule has 0 heterocycles. The molecule has 3 N–H and O–H groups in total. The Balaban J connectivity index is 1.99. The summed E-state index contributed by atoms with van der Waals surface area (Å²) in [5, 5.41) is 4.04. The molecule has 96 valence electrons. The highest BCUT2D eigenvalue weighted by atomic mass is 79.9. The second-order valence-electron chi connectivity index (χ2n) is 3.72. The van der Waals surface area contributed by atoms with Crippen molar-refractivity contribution in [3.8, 4) is 0 Å². The topological polar surface area (TPSA) is 62.8 Å². The van der Waals surface area contributed by atoms with Gasteiger partial charge in [-0.25, -0.2) is 10.4 Å². The van der Waals surface area contributed by atoms with Crippen molar-refractivity contribution < 1.29 is 0 Å². The van der Waals surface area contributed by atoms with E-state index in [1.54, 1.807) is 6.21 Å². The van der Waals surface area contributed by atoms with Gasteiger partial charge in [0.25, 0.3) is 0 Å². The van der Waals surface area contributed by atoms with Crippen LogP contribution in [0, 0.1) is 0 Å². The molecule has 2 aromatic carbocycles. The average Bonchev–Trinajstić information content (AvgIpc) is 2.42. The molecule has 0 unspecified atom stereocenters. The number of hydrogen-bond acceptors (Lipinski definition) is 2. The normalized spacial score (nSPS) is 11.7. The molecule has 0 amide bonds. The second kappa shape index (κ2) is 6.70. The molecule has 0 fully saturated rings. The maximum absolute atomic E-state index is 5.72. The van der Waals surface area contributed by atoms with Gasteiger partial charge in [-0.15, -0.1) is 0 Å². The van der Waals surface area contributed by atoms with E-state index in [0.29, 0.717) is 0 Å². The summed E-state index contributed by atoms with van der Waals surface area (Å²) in [7, 11) is 0. The monoisotopic (exact) mass is 316 g/mol. The molecule has 19 heavy (non-hydrogen) atoms. The minimum absolute atomic E-state index is 0.245. The Hall–Kier alpha value is -2.14. The van der Waals surface area contributed by atoms with Crippen molar-refractivity contribution in [3.63, 3.8) is 0 Å². The van der Waals surface area contributed by atoms with Crippen molar-refractivity contribution in [2.24, 2.45) is 15.8 Å². The van der Waals surface area contributed by atoms with E-state index < -0.39 is 0 Å². The molecule has 0 aliphatic heterocycles. The van der Waals surface area contributed by atoms with Crippen LogP contribution in [0.25, 0.3) is 0 Å². The highest BCUT2D eigenvalue weighted by Crippen LogP contribution is 2.13. The SMILES string of the molecule is NC(=Nc1ccccc1)N/N=C/c1ccccc1Br. The molecule has 0 saturated heterocycles. The van der Waals surface area contributed by atoms with Crippen molar-refractivity contribution in [2.45, 2.75) is 0 Å². The van der Waals surface area contributed by atoms with Crippen LogP contribution < -0.4 is 11.2 Å². The van der Waals surface area contributed by atoms with Crippen LogP contribution in [0.1, 0.15) is 5.56 Å². The number of guanidine groups is 1. The van der Waals surface area contributed by atoms with Crippen molar-refractivity contribution in [3.05, 3.63) is 64.6 Å². The zero-order chi connectivity index (χ0) is 13.5. The minimum Gasteiger partial charge on any atom is -0.368 e. The van der Waals surface area contributed by atoms with Gasteiger partial charge in [-0.1, -0.05) is 52.3 Å². The van der Waals surface area contributed by atoms with Crippen LogP contribution in [-0.2, 0) is 0 Å². The third-order valence-electron chi connectivity index (χ3n) is 2.29. The summed E-state index contributed by atoms with van der Waals surface area (Å²) >= 11 is 3.44. The first-order chi connectivity index (χ1) is 9.25. The van der Waals surface area contributed by atoms with Crippen molar-refractivity contribution in [1.82, 2.24) is 5.43 Å². The Morgan fingerprint density at radius 3 is 2.47 bits per heavy atom. The zero-order valence-corrected chi connectivity index (χ0v) is 11.7. The number of benzene rings is 2. The number of nitrogens with zero attached hydrogens (tertiary/aromatic N) is 2. The van der Waals surface area contributed by atoms with E-state index in [4.69, 9.17) is 5.73 Å². The van der Waals surface area contributed by atoms with Gasteiger partial charge in [0.15, 0.2) is 0 Å². The van der Waals surface area contributed by atoms with Gasteiger partial charge in [-0.3, -0.25) is 0 Å². The molecule has 2 aromatic rings. The molecular weight excluding hydrogens is 304 g/mol. The van der Waals surface area contributed by atoms with E-state index in [2.05, 4.69) is 31.4 Å². The molecule has 0 aliphatic carbocycles. The van der Waals surface area contributed by atoms with E-state index in [-0.39, 0.29) is 5.96 Å². The van der Waals surface area contributed by atoms with Gasteiger partial charge in [-0.05, 0) is 18.2 Å². The number of nitrogens with two attached hydrogens (primary N) is 1. The first-order valence-electron chi connectivity index (χ1n) is 5.68. The standard InChI is InChI=1S/C14H13BrN4/c15-13-9-5-4-6-11(13)10-17-19-14(16)18-12-7-2-1-3-8-12/h1-10H,(H3,16,18,19)/b17-10+. The number of rotatable bonds is 3. The van der Waals surface area contributed by atoms with Crippen molar-refractivity contribution >= 4 is 33.8 Å². The molecule has 4 nitrogen and oxygen atoms in total. The highest BCUT2D eigenvalue weighted by Gasteiger charge is 1.94. The lowest BCUT2D eigenvalue weighted by Crippen LogP contribution is -2.26. The maximum Gasteiger partial charge on any atom is 0.214 e. The van der Waals surface area contributed by atoms with Crippen LogP contribution in [0.15, 0.2) is 69.2 Å². The van der Waals surface area contributed by atoms with Crippen LogP contribution in [0.4, 0.5) is 5.69 Å². The number of hydrazone groups is 1. The molecule has 0 spiro atoms. The van der Waals surface area contributed by atoms with Crippen LogP contribution in [-0.4, -0.2) is 12.2 Å². The zero-order valence-electron chi connectivity index (χ0n) is 10.1. The van der Waals surface area contributed by atoms with Crippen LogP contribution >= 0.6 is 15.9 Å². The maximum atomic E-state index is 5.72. The average molecular weight is 317 g/mol. The van der Waals surface area contributed by atoms with E-state index in [0.717, 1.165) is 15.7 Å². The minimum atomic E-state index is 0.245. The lowest BCUT2D eigenvalue weighted by Gasteiger charge is -2.00. The first-order valence-corrected chi connectivity index (χ1v) is 6.48. The number of nitrogens with one attached hydrogen (secondary N) is 1. The van der Waals surface area contributed by atoms with Gasteiger partial charge in [0.1, 0.15) is 0 Å². The van der Waals surface area contributed by atoms with Gasteiger partial charge in [0.2, 0.25) is 5.96 Å². The summed E-state index contributed by atoms with van der Waals surface area (Å²) < 4.78 is 0.971. The molecule has 0 aromatic heterocycles. The quantitative estimate of drug-likeness (QED) is 0.519. The molecule has 0 bridgehead atoms. The summed E-state index contributed by atoms with van der Waals surface area (Å²) in [6.45, 7) is 0. The number of para-hydroxylation sites is 1. The van der Waals surface area contributed by atoms with Crippen molar-refractivity contribution in [2.75, 3.05) is 0 Å². The summed E-state index contributed by atoms with van der Waals surface area (Å²) in [5.41, 5.74) is 10.1. The number of halogens is 1. The Labute approximate surface area is 120 Å². The number of hydrogen-bond donors (Lipinski definition) is 2. The summed E-state index contributed by atoms with van der Waals surface area (Å²) in [4.78, 5) is 4.17. The van der Waals surface area contributed by atoms with Crippen molar-refractivity contribution in [1.29, 1.82) is 0 Å². The van der Waals surface area contributed by atoms with E-state index in [1.807, 2.05) is 54.6 Å². The van der Waals surface area contributed by atoms with Gasteiger partial charge in [0, 0.05) is 10.0 Å². The molecule has 5 heteroatoms. The smallest absolute Gasteiger partial charge is 0.214 e. The molecule has 0 atom stereocenters. The Kier molecular flexibility index (Phi) is 4.69. The fourth-order valence-corrected chi connectivity index (χ4v) is 1.80. The molecule has 0 aliphatic rings.